The molecule has 7 heteroatoms. The van der Waals surface area contributed by atoms with E-state index in [1.165, 1.54) is 27.0 Å². The number of aryl methyl sites for hydroxylation is 1. The number of carbonyl (C=O) groups excluding carboxylic acids is 3. The fourth-order valence-electron chi connectivity index (χ4n) is 2.59. The van der Waals surface area contributed by atoms with Crippen LogP contribution in [-0.4, -0.2) is 36.0 Å². The molecule has 2 atom stereocenters. The maximum Gasteiger partial charge on any atom is 0.336 e. The van der Waals surface area contributed by atoms with E-state index in [0.29, 0.717) is 5.56 Å². The third-order valence-electron chi connectivity index (χ3n) is 3.65. The fraction of sp³-hybridized carbons (Fsp3) is 0.438. The van der Waals surface area contributed by atoms with Crippen molar-refractivity contribution in [3.63, 3.8) is 0 Å². The van der Waals surface area contributed by atoms with Gasteiger partial charge in [-0.15, -0.1) is 0 Å². The van der Waals surface area contributed by atoms with E-state index in [2.05, 4.69) is 0 Å². The molecule has 0 saturated carbocycles. The molecule has 1 aliphatic heterocycles. The molecule has 1 N–H and O–H groups in total. The summed E-state index contributed by atoms with van der Waals surface area (Å²) < 4.78 is 15.4. The van der Waals surface area contributed by atoms with Gasteiger partial charge in [-0.3, -0.25) is 9.59 Å². The minimum Gasteiger partial charge on any atom is -0.507 e. The lowest BCUT2D eigenvalue weighted by molar-refractivity contribution is -0.148. The number of esters is 2. The molecule has 1 aliphatic rings. The van der Waals surface area contributed by atoms with Crippen LogP contribution < -0.4 is 4.74 Å². The summed E-state index contributed by atoms with van der Waals surface area (Å²) >= 11 is 0. The van der Waals surface area contributed by atoms with Gasteiger partial charge in [0.05, 0.1) is 11.1 Å². The Balaban J connectivity index is 2.60. The Bertz CT molecular complexity index is 677. The van der Waals surface area contributed by atoms with Crippen molar-refractivity contribution in [1.29, 1.82) is 0 Å². The molecule has 124 valence electrons. The van der Waals surface area contributed by atoms with Crippen LogP contribution in [-0.2, 0) is 19.1 Å². The predicted octanol–water partition coefficient (Wildman–Crippen LogP) is 1.83. The van der Waals surface area contributed by atoms with Crippen molar-refractivity contribution < 1.29 is 33.7 Å². The second-order valence-corrected chi connectivity index (χ2v) is 5.37. The lowest BCUT2D eigenvalue weighted by atomic mass is 9.95. The van der Waals surface area contributed by atoms with Gasteiger partial charge < -0.3 is 19.3 Å². The summed E-state index contributed by atoms with van der Waals surface area (Å²) in [6.45, 7) is 4.17. The number of benzene rings is 1. The molecule has 0 aliphatic carbocycles. The normalized spacial score (nSPS) is 20.3. The molecule has 23 heavy (non-hydrogen) atoms. The summed E-state index contributed by atoms with van der Waals surface area (Å²) in [5.74, 6) is -1.77. The largest absolute Gasteiger partial charge is 0.507 e. The van der Waals surface area contributed by atoms with E-state index in [4.69, 9.17) is 14.2 Å². The van der Waals surface area contributed by atoms with Gasteiger partial charge in [0.15, 0.2) is 11.9 Å². The molecule has 1 heterocycles. The van der Waals surface area contributed by atoms with Crippen LogP contribution in [0.15, 0.2) is 6.07 Å². The number of hydrogen-bond donors (Lipinski definition) is 1. The molecule has 0 spiro atoms. The number of phenols is 1. The SMILES string of the molecule is CO[C@H]1C[C@@H](c2c(O)c(C(C)=O)cc(C)c2OC(C)=O)OC1=O. The van der Waals surface area contributed by atoms with Crippen LogP contribution in [0.1, 0.15) is 47.9 Å². The first kappa shape index (κ1) is 17.0. The summed E-state index contributed by atoms with van der Waals surface area (Å²) in [6, 6.07) is 1.43. The van der Waals surface area contributed by atoms with Crippen LogP contribution in [0.2, 0.25) is 0 Å². The van der Waals surface area contributed by atoms with Crippen LogP contribution in [0.3, 0.4) is 0 Å². The van der Waals surface area contributed by atoms with Crippen LogP contribution >= 0.6 is 0 Å². The van der Waals surface area contributed by atoms with Crippen LogP contribution in [0.4, 0.5) is 0 Å². The van der Waals surface area contributed by atoms with Crippen molar-refractivity contribution in [3.8, 4) is 11.5 Å². The molecule has 1 saturated heterocycles. The minimum atomic E-state index is -0.861. The summed E-state index contributed by atoms with van der Waals surface area (Å²) in [5, 5.41) is 10.4. The highest BCUT2D eigenvalue weighted by Gasteiger charge is 2.39. The van der Waals surface area contributed by atoms with Gasteiger partial charge in [-0.05, 0) is 25.5 Å². The Morgan fingerprint density at radius 2 is 2.00 bits per heavy atom. The topological polar surface area (TPSA) is 99.1 Å². The Labute approximate surface area is 133 Å². The van der Waals surface area contributed by atoms with Gasteiger partial charge in [0.1, 0.15) is 17.6 Å². The molecule has 0 radical (unpaired) electrons. The zero-order valence-electron chi connectivity index (χ0n) is 13.3. The van der Waals surface area contributed by atoms with E-state index in [1.807, 2.05) is 0 Å². The third kappa shape index (κ3) is 3.19. The van der Waals surface area contributed by atoms with Gasteiger partial charge in [-0.1, -0.05) is 0 Å². The lowest BCUT2D eigenvalue weighted by Crippen LogP contribution is -2.15. The van der Waals surface area contributed by atoms with Crippen molar-refractivity contribution in [3.05, 3.63) is 22.8 Å². The molecule has 0 aromatic heterocycles. The van der Waals surface area contributed by atoms with Crippen molar-refractivity contribution in [2.24, 2.45) is 0 Å². The molecule has 0 bridgehead atoms. The first-order chi connectivity index (χ1) is 10.8. The molecule has 2 rings (SSSR count). The van der Waals surface area contributed by atoms with Crippen LogP contribution in [0.25, 0.3) is 0 Å². The van der Waals surface area contributed by atoms with E-state index < -0.39 is 24.1 Å². The molecule has 0 unspecified atom stereocenters. The first-order valence-electron chi connectivity index (χ1n) is 7.05. The quantitative estimate of drug-likeness (QED) is 0.513. The number of hydrogen-bond acceptors (Lipinski definition) is 7. The average molecular weight is 322 g/mol. The van der Waals surface area contributed by atoms with Gasteiger partial charge in [-0.25, -0.2) is 4.79 Å². The second-order valence-electron chi connectivity index (χ2n) is 5.37. The maximum absolute atomic E-state index is 11.7. The lowest BCUT2D eigenvalue weighted by Gasteiger charge is -2.19. The van der Waals surface area contributed by atoms with Crippen LogP contribution in [0.5, 0.6) is 11.5 Å². The highest BCUT2D eigenvalue weighted by molar-refractivity contribution is 5.98. The highest BCUT2D eigenvalue weighted by Crippen LogP contribution is 2.45. The molecular weight excluding hydrogens is 304 g/mol. The van der Waals surface area contributed by atoms with Gasteiger partial charge in [0.2, 0.25) is 0 Å². The van der Waals surface area contributed by atoms with Gasteiger partial charge in [0, 0.05) is 20.5 Å². The monoisotopic (exact) mass is 322 g/mol. The smallest absolute Gasteiger partial charge is 0.336 e. The Morgan fingerprint density at radius 1 is 1.35 bits per heavy atom. The van der Waals surface area contributed by atoms with Gasteiger partial charge in [-0.2, -0.15) is 0 Å². The van der Waals surface area contributed by atoms with E-state index in [0.717, 1.165) is 0 Å². The fourth-order valence-corrected chi connectivity index (χ4v) is 2.59. The number of ether oxygens (including phenoxy) is 3. The van der Waals surface area contributed by atoms with Gasteiger partial charge in [0.25, 0.3) is 0 Å². The van der Waals surface area contributed by atoms with E-state index in [-0.39, 0.29) is 34.8 Å². The van der Waals surface area contributed by atoms with Crippen molar-refractivity contribution in [1.82, 2.24) is 0 Å². The number of methoxy groups -OCH3 is 1. The summed E-state index contributed by atoms with van der Waals surface area (Å²) in [6.07, 6.45) is -1.48. The number of carbonyl (C=O) groups is 3. The number of aromatic hydroxyl groups is 1. The number of cyclic esters (lactones) is 1. The van der Waals surface area contributed by atoms with Crippen molar-refractivity contribution >= 4 is 17.7 Å². The Morgan fingerprint density at radius 3 is 2.48 bits per heavy atom. The number of phenolic OH excluding ortho intramolecular Hbond substituents is 1. The summed E-state index contributed by atoms with van der Waals surface area (Å²) in [4.78, 5) is 34.8. The Hall–Kier alpha value is -2.41. The number of rotatable bonds is 4. The minimum absolute atomic E-state index is 0.0744. The zero-order chi connectivity index (χ0) is 17.3. The molecule has 1 aromatic rings. The number of ketones is 1. The molecule has 1 fully saturated rings. The van der Waals surface area contributed by atoms with E-state index >= 15 is 0 Å². The molecule has 1 aromatic carbocycles. The standard InChI is InChI=1S/C16H18O7/c1-7-5-10(8(2)17)14(19)13(15(7)22-9(3)18)11-6-12(21-4)16(20)23-11/h5,11-12,19H,6H2,1-4H3/t11-,12-/m0/s1. The molecular formula is C16H18O7. The van der Waals surface area contributed by atoms with E-state index in [9.17, 15) is 19.5 Å². The van der Waals surface area contributed by atoms with Crippen molar-refractivity contribution in [2.45, 2.75) is 39.4 Å². The first-order valence-corrected chi connectivity index (χ1v) is 7.05. The van der Waals surface area contributed by atoms with Crippen molar-refractivity contribution in [2.75, 3.05) is 7.11 Å². The summed E-state index contributed by atoms with van der Waals surface area (Å²) in [7, 11) is 1.37. The highest BCUT2D eigenvalue weighted by atomic mass is 16.6. The third-order valence-corrected chi connectivity index (χ3v) is 3.65. The van der Waals surface area contributed by atoms with E-state index in [1.54, 1.807) is 6.92 Å². The second kappa shape index (κ2) is 6.37. The predicted molar refractivity (Wildman–Crippen MR) is 78.4 cm³/mol. The Kier molecular flexibility index (Phi) is 4.70. The zero-order valence-corrected chi connectivity index (χ0v) is 13.3. The molecule has 7 nitrogen and oxygen atoms in total. The molecule has 0 amide bonds. The maximum atomic E-state index is 11.7. The van der Waals surface area contributed by atoms with Gasteiger partial charge >= 0.3 is 11.9 Å². The van der Waals surface area contributed by atoms with Crippen LogP contribution in [0, 0.1) is 6.92 Å². The average Bonchev–Trinajstić information content (AvgIpc) is 2.82. The number of Topliss-reactive ketones (excluding diaryl/α,β-unsaturated/α-hetero) is 1. The summed E-state index contributed by atoms with van der Waals surface area (Å²) in [5.41, 5.74) is 0.665.